The lowest BCUT2D eigenvalue weighted by Gasteiger charge is -2.07. The van der Waals surface area contributed by atoms with Gasteiger partial charge < -0.3 is 5.32 Å². The third-order valence-electron chi connectivity index (χ3n) is 2.54. The normalized spacial score (nSPS) is 10.3. The molecule has 0 saturated carbocycles. The summed E-state index contributed by atoms with van der Waals surface area (Å²) in [4.78, 5) is 11.9. The van der Waals surface area contributed by atoms with E-state index in [1.165, 1.54) is 0 Å². The first-order valence-electron chi connectivity index (χ1n) is 6.02. The van der Waals surface area contributed by atoms with Crippen molar-refractivity contribution in [3.63, 3.8) is 0 Å². The van der Waals surface area contributed by atoms with Crippen molar-refractivity contribution in [3.05, 3.63) is 62.7 Å². The largest absolute Gasteiger partial charge is 0.324 e. The molecule has 0 fully saturated rings. The molecule has 2 nitrogen and oxygen atoms in total. The zero-order valence-electron chi connectivity index (χ0n) is 10.6. The van der Waals surface area contributed by atoms with Crippen molar-refractivity contribution in [1.82, 2.24) is 0 Å². The van der Waals surface area contributed by atoms with Gasteiger partial charge in [0, 0.05) is 14.3 Å². The van der Waals surface area contributed by atoms with Crippen LogP contribution in [0.2, 0.25) is 5.02 Å². The van der Waals surface area contributed by atoms with Crippen LogP contribution in [0.4, 0.5) is 5.69 Å². The van der Waals surface area contributed by atoms with Crippen LogP contribution in [0.1, 0.15) is 5.56 Å². The smallest absolute Gasteiger partial charge is 0.234 e. The molecule has 0 bridgehead atoms. The van der Waals surface area contributed by atoms with Gasteiger partial charge in [-0.3, -0.25) is 4.79 Å². The highest BCUT2D eigenvalue weighted by Gasteiger charge is 2.05. The topological polar surface area (TPSA) is 29.1 Å². The number of carbonyl (C=O) groups excluding carboxylic acids is 1. The van der Waals surface area contributed by atoms with E-state index in [4.69, 9.17) is 11.6 Å². The molecule has 2 rings (SSSR count). The molecular weight excluding hydrogens is 405 g/mol. The Labute approximate surface area is 141 Å². The summed E-state index contributed by atoms with van der Waals surface area (Å²) in [5.74, 6) is 1.22. The van der Waals surface area contributed by atoms with E-state index in [-0.39, 0.29) is 5.91 Å². The van der Waals surface area contributed by atoms with Crippen molar-refractivity contribution in [2.24, 2.45) is 0 Å². The molecule has 104 valence electrons. The van der Waals surface area contributed by atoms with Gasteiger partial charge in [0.25, 0.3) is 0 Å². The third-order valence-corrected chi connectivity index (χ3v) is 4.72. The van der Waals surface area contributed by atoms with Gasteiger partial charge >= 0.3 is 0 Å². The van der Waals surface area contributed by atoms with E-state index in [9.17, 15) is 4.79 Å². The standard InChI is InChI=1S/C15H13ClINOS/c16-12-5-3-4-11(8-12)9-20-10-15(19)18-14-7-2-1-6-13(14)17/h1-8H,9-10H2,(H,18,19). The summed E-state index contributed by atoms with van der Waals surface area (Å²) in [6, 6.07) is 15.4. The Balaban J connectivity index is 1.80. The number of rotatable bonds is 5. The van der Waals surface area contributed by atoms with Gasteiger partial charge in [-0.25, -0.2) is 0 Å². The zero-order chi connectivity index (χ0) is 14.4. The maximum absolute atomic E-state index is 11.9. The molecule has 0 unspecified atom stereocenters. The van der Waals surface area contributed by atoms with Crippen LogP contribution in [-0.2, 0) is 10.5 Å². The van der Waals surface area contributed by atoms with Crippen LogP contribution in [0.3, 0.4) is 0 Å². The number of thioether (sulfide) groups is 1. The maximum atomic E-state index is 11.9. The zero-order valence-corrected chi connectivity index (χ0v) is 14.3. The van der Waals surface area contributed by atoms with E-state index in [1.54, 1.807) is 11.8 Å². The molecule has 0 saturated heterocycles. The fourth-order valence-electron chi connectivity index (χ4n) is 1.64. The minimum atomic E-state index is 0.0149. The monoisotopic (exact) mass is 417 g/mol. The van der Waals surface area contributed by atoms with Crippen LogP contribution in [0.15, 0.2) is 48.5 Å². The molecule has 2 aromatic carbocycles. The highest BCUT2D eigenvalue weighted by Crippen LogP contribution is 2.19. The Hall–Kier alpha value is -0.720. The third kappa shape index (κ3) is 5.00. The number of amides is 1. The van der Waals surface area contributed by atoms with E-state index < -0.39 is 0 Å². The molecule has 0 heterocycles. The van der Waals surface area contributed by atoms with Gasteiger partial charge in [0.05, 0.1) is 11.4 Å². The van der Waals surface area contributed by atoms with Crippen molar-refractivity contribution in [3.8, 4) is 0 Å². The van der Waals surface area contributed by atoms with Gasteiger partial charge in [0.1, 0.15) is 0 Å². The van der Waals surface area contributed by atoms with Crippen LogP contribution < -0.4 is 5.32 Å². The molecular formula is C15H13ClINOS. The van der Waals surface area contributed by atoms with Crippen molar-refractivity contribution < 1.29 is 4.79 Å². The average Bonchev–Trinajstić information content (AvgIpc) is 2.41. The molecule has 0 aliphatic rings. The van der Waals surface area contributed by atoms with Gasteiger partial charge in [0.2, 0.25) is 5.91 Å². The van der Waals surface area contributed by atoms with Crippen LogP contribution in [0, 0.1) is 3.57 Å². The molecule has 0 spiro atoms. The molecule has 5 heteroatoms. The average molecular weight is 418 g/mol. The Kier molecular flexibility index (Phi) is 6.19. The first kappa shape index (κ1) is 15.7. The summed E-state index contributed by atoms with van der Waals surface area (Å²) in [5.41, 5.74) is 1.99. The summed E-state index contributed by atoms with van der Waals surface area (Å²) in [6.45, 7) is 0. The number of carbonyl (C=O) groups is 1. The Bertz CT molecular complexity index is 606. The molecule has 0 atom stereocenters. The summed E-state index contributed by atoms with van der Waals surface area (Å²) >= 11 is 9.70. The second-order valence-corrected chi connectivity index (χ2v) is 6.73. The maximum Gasteiger partial charge on any atom is 0.234 e. The quantitative estimate of drug-likeness (QED) is 0.707. The number of benzene rings is 2. The van der Waals surface area contributed by atoms with E-state index in [2.05, 4.69) is 27.9 Å². The van der Waals surface area contributed by atoms with E-state index in [1.807, 2.05) is 48.5 Å². The molecule has 0 aromatic heterocycles. The van der Waals surface area contributed by atoms with Gasteiger partial charge in [0.15, 0.2) is 0 Å². The lowest BCUT2D eigenvalue weighted by molar-refractivity contribution is -0.113. The molecule has 1 N–H and O–H groups in total. The van der Waals surface area contributed by atoms with Crippen molar-refractivity contribution in [2.75, 3.05) is 11.1 Å². The predicted octanol–water partition coefficient (Wildman–Crippen LogP) is 4.82. The van der Waals surface area contributed by atoms with E-state index in [0.717, 1.165) is 25.6 Å². The fraction of sp³-hybridized carbons (Fsp3) is 0.133. The first-order chi connectivity index (χ1) is 9.65. The molecule has 0 aliphatic carbocycles. The van der Waals surface area contributed by atoms with Gasteiger partial charge in [-0.05, 0) is 52.4 Å². The SMILES string of the molecule is O=C(CSCc1cccc(Cl)c1)Nc1ccccc1I. The second-order valence-electron chi connectivity index (χ2n) is 4.15. The Morgan fingerprint density at radius 2 is 2.00 bits per heavy atom. The van der Waals surface area contributed by atoms with Crippen LogP contribution in [0.5, 0.6) is 0 Å². The summed E-state index contributed by atoms with van der Waals surface area (Å²) < 4.78 is 1.04. The highest BCUT2D eigenvalue weighted by molar-refractivity contribution is 14.1. The lowest BCUT2D eigenvalue weighted by Crippen LogP contribution is -2.14. The molecule has 0 aliphatic heterocycles. The van der Waals surface area contributed by atoms with Crippen LogP contribution in [-0.4, -0.2) is 11.7 Å². The number of halogens is 2. The first-order valence-corrected chi connectivity index (χ1v) is 8.63. The van der Waals surface area contributed by atoms with E-state index >= 15 is 0 Å². The molecule has 2 aromatic rings. The number of nitrogens with one attached hydrogen (secondary N) is 1. The fourth-order valence-corrected chi connectivity index (χ4v) is 3.15. The minimum Gasteiger partial charge on any atom is -0.324 e. The molecule has 20 heavy (non-hydrogen) atoms. The molecule has 0 radical (unpaired) electrons. The highest BCUT2D eigenvalue weighted by atomic mass is 127. The number of hydrogen-bond donors (Lipinski definition) is 1. The second kappa shape index (κ2) is 7.90. The van der Waals surface area contributed by atoms with E-state index in [0.29, 0.717) is 5.75 Å². The van der Waals surface area contributed by atoms with Gasteiger partial charge in [-0.1, -0.05) is 35.9 Å². The summed E-state index contributed by atoms with van der Waals surface area (Å²) in [6.07, 6.45) is 0. The van der Waals surface area contributed by atoms with Gasteiger partial charge in [-0.15, -0.1) is 11.8 Å². The van der Waals surface area contributed by atoms with Crippen molar-refractivity contribution >= 4 is 57.5 Å². The number of hydrogen-bond acceptors (Lipinski definition) is 2. The lowest BCUT2D eigenvalue weighted by atomic mass is 10.2. The number of anilines is 1. The number of para-hydroxylation sites is 1. The molecule has 1 amide bonds. The minimum absolute atomic E-state index is 0.0149. The Morgan fingerprint density at radius 3 is 2.75 bits per heavy atom. The Morgan fingerprint density at radius 1 is 1.20 bits per heavy atom. The summed E-state index contributed by atoms with van der Waals surface area (Å²) in [5, 5.41) is 3.64. The van der Waals surface area contributed by atoms with Crippen LogP contribution in [0.25, 0.3) is 0 Å². The predicted molar refractivity (Wildman–Crippen MR) is 95.4 cm³/mol. The van der Waals surface area contributed by atoms with Crippen molar-refractivity contribution in [1.29, 1.82) is 0 Å². The van der Waals surface area contributed by atoms with Crippen LogP contribution >= 0.6 is 46.0 Å². The van der Waals surface area contributed by atoms with Crippen molar-refractivity contribution in [2.45, 2.75) is 5.75 Å². The summed E-state index contributed by atoms with van der Waals surface area (Å²) in [7, 11) is 0. The van der Waals surface area contributed by atoms with Gasteiger partial charge in [-0.2, -0.15) is 0 Å².